The Morgan fingerprint density at radius 3 is 2.82 bits per heavy atom. The molecule has 0 radical (unpaired) electrons. The average molecular weight is 162 g/mol. The molecule has 0 saturated carbocycles. The predicted molar refractivity (Wildman–Crippen MR) is 40.0 cm³/mol. The quantitative estimate of drug-likeness (QED) is 0.397. The van der Waals surface area contributed by atoms with Gasteiger partial charge in [-0.3, -0.25) is 4.79 Å². The van der Waals surface area contributed by atoms with E-state index in [-0.39, 0.29) is 5.91 Å². The van der Waals surface area contributed by atoms with E-state index in [9.17, 15) is 4.79 Å². The first kappa shape index (κ1) is 10.3. The molecule has 0 atom stereocenters. The Hall–Kier alpha value is -0.650. The number of ether oxygens (including phenoxy) is 1. The average Bonchev–Trinajstić information content (AvgIpc) is 2.04. The number of hydrogen-bond donors (Lipinski definition) is 3. The largest absolute Gasteiger partial charge is 0.387 e. The SMILES string of the molecule is NCCOCCNC(=O)CO. The Balaban J connectivity index is 2.95. The van der Waals surface area contributed by atoms with Crippen molar-refractivity contribution in [2.75, 3.05) is 32.9 Å². The second-order valence-corrected chi connectivity index (χ2v) is 1.91. The van der Waals surface area contributed by atoms with E-state index in [0.29, 0.717) is 26.3 Å². The van der Waals surface area contributed by atoms with Crippen LogP contribution in [0, 0.1) is 0 Å². The van der Waals surface area contributed by atoms with Crippen molar-refractivity contribution in [1.82, 2.24) is 5.32 Å². The van der Waals surface area contributed by atoms with Crippen LogP contribution in [0.1, 0.15) is 0 Å². The number of rotatable bonds is 6. The minimum atomic E-state index is -0.475. The van der Waals surface area contributed by atoms with Gasteiger partial charge in [0, 0.05) is 13.1 Å². The summed E-state index contributed by atoms with van der Waals surface area (Å²) in [5, 5.41) is 10.7. The summed E-state index contributed by atoms with van der Waals surface area (Å²) in [6, 6.07) is 0. The van der Waals surface area contributed by atoms with E-state index in [1.54, 1.807) is 0 Å². The molecule has 0 heterocycles. The number of carbonyl (C=O) groups is 1. The first-order chi connectivity index (χ1) is 5.31. The molecule has 0 aromatic carbocycles. The van der Waals surface area contributed by atoms with Gasteiger partial charge < -0.3 is 20.9 Å². The highest BCUT2D eigenvalue weighted by Crippen LogP contribution is 1.70. The number of aliphatic hydroxyl groups excluding tert-OH is 1. The van der Waals surface area contributed by atoms with Gasteiger partial charge in [-0.15, -0.1) is 0 Å². The fourth-order valence-corrected chi connectivity index (χ4v) is 0.504. The zero-order chi connectivity index (χ0) is 8.53. The van der Waals surface area contributed by atoms with Crippen LogP contribution in [0.5, 0.6) is 0 Å². The highest BCUT2D eigenvalue weighted by molar-refractivity contribution is 5.76. The molecule has 0 aliphatic carbocycles. The second-order valence-electron chi connectivity index (χ2n) is 1.91. The molecule has 1 amide bonds. The Morgan fingerprint density at radius 1 is 1.55 bits per heavy atom. The molecule has 11 heavy (non-hydrogen) atoms. The normalized spacial score (nSPS) is 9.64. The zero-order valence-corrected chi connectivity index (χ0v) is 6.38. The molecule has 0 rings (SSSR count). The lowest BCUT2D eigenvalue weighted by Gasteiger charge is -2.02. The molecular weight excluding hydrogens is 148 g/mol. The first-order valence-electron chi connectivity index (χ1n) is 3.46. The number of amides is 1. The molecule has 5 heteroatoms. The van der Waals surface area contributed by atoms with Gasteiger partial charge in [-0.2, -0.15) is 0 Å². The summed E-state index contributed by atoms with van der Waals surface area (Å²) in [7, 11) is 0. The van der Waals surface area contributed by atoms with Crippen molar-refractivity contribution in [2.24, 2.45) is 5.73 Å². The summed E-state index contributed by atoms with van der Waals surface area (Å²) in [6.07, 6.45) is 0. The summed E-state index contributed by atoms with van der Waals surface area (Å²) in [5.41, 5.74) is 5.14. The highest BCUT2D eigenvalue weighted by atomic mass is 16.5. The molecule has 0 bridgehead atoms. The molecule has 4 N–H and O–H groups in total. The fourth-order valence-electron chi connectivity index (χ4n) is 0.504. The molecule has 0 aliphatic heterocycles. The van der Waals surface area contributed by atoms with Crippen molar-refractivity contribution in [3.63, 3.8) is 0 Å². The third-order valence-corrected chi connectivity index (χ3v) is 0.974. The van der Waals surface area contributed by atoms with Gasteiger partial charge in [-0.25, -0.2) is 0 Å². The van der Waals surface area contributed by atoms with E-state index in [1.165, 1.54) is 0 Å². The maximum Gasteiger partial charge on any atom is 0.245 e. The van der Waals surface area contributed by atoms with Gasteiger partial charge in [-0.1, -0.05) is 0 Å². The summed E-state index contributed by atoms with van der Waals surface area (Å²) >= 11 is 0. The van der Waals surface area contributed by atoms with Crippen LogP contribution < -0.4 is 11.1 Å². The van der Waals surface area contributed by atoms with E-state index in [1.807, 2.05) is 0 Å². The number of nitrogens with two attached hydrogens (primary N) is 1. The third kappa shape index (κ3) is 7.24. The zero-order valence-electron chi connectivity index (χ0n) is 6.38. The van der Waals surface area contributed by atoms with E-state index in [0.717, 1.165) is 0 Å². The molecule has 5 nitrogen and oxygen atoms in total. The van der Waals surface area contributed by atoms with Crippen molar-refractivity contribution >= 4 is 5.91 Å². The summed E-state index contributed by atoms with van der Waals surface area (Å²) in [5.74, 6) is -0.388. The van der Waals surface area contributed by atoms with Crippen LogP contribution in [0.25, 0.3) is 0 Å². The number of carbonyl (C=O) groups excluding carboxylic acids is 1. The molecule has 66 valence electrons. The van der Waals surface area contributed by atoms with Crippen molar-refractivity contribution in [1.29, 1.82) is 0 Å². The van der Waals surface area contributed by atoms with Crippen LogP contribution in [-0.4, -0.2) is 43.9 Å². The Labute approximate surface area is 65.5 Å². The maximum atomic E-state index is 10.4. The maximum absolute atomic E-state index is 10.4. The second kappa shape index (κ2) is 7.46. The summed E-state index contributed by atoms with van der Waals surface area (Å²) in [4.78, 5) is 10.4. The summed E-state index contributed by atoms with van der Waals surface area (Å²) < 4.78 is 4.96. The van der Waals surface area contributed by atoms with Crippen LogP contribution in [0.2, 0.25) is 0 Å². The van der Waals surface area contributed by atoms with Gasteiger partial charge >= 0.3 is 0 Å². The Morgan fingerprint density at radius 2 is 2.27 bits per heavy atom. The molecule has 0 saturated heterocycles. The first-order valence-corrected chi connectivity index (χ1v) is 3.46. The van der Waals surface area contributed by atoms with Crippen molar-refractivity contribution < 1.29 is 14.6 Å². The molecule has 0 spiro atoms. The van der Waals surface area contributed by atoms with Gasteiger partial charge in [0.25, 0.3) is 0 Å². The molecule has 0 aromatic heterocycles. The molecular formula is C6H14N2O3. The molecule has 0 fully saturated rings. The summed E-state index contributed by atoms with van der Waals surface area (Å²) in [6.45, 7) is 1.35. The van der Waals surface area contributed by atoms with E-state index in [4.69, 9.17) is 15.6 Å². The minimum Gasteiger partial charge on any atom is -0.387 e. The smallest absolute Gasteiger partial charge is 0.245 e. The van der Waals surface area contributed by atoms with Gasteiger partial charge in [-0.05, 0) is 0 Å². The van der Waals surface area contributed by atoms with Crippen LogP contribution in [-0.2, 0) is 9.53 Å². The van der Waals surface area contributed by atoms with Gasteiger partial charge in [0.2, 0.25) is 5.91 Å². The van der Waals surface area contributed by atoms with Crippen molar-refractivity contribution in [3.8, 4) is 0 Å². The van der Waals surface area contributed by atoms with E-state index < -0.39 is 6.61 Å². The lowest BCUT2D eigenvalue weighted by Crippen LogP contribution is -2.29. The lowest BCUT2D eigenvalue weighted by molar-refractivity contribution is -0.124. The third-order valence-electron chi connectivity index (χ3n) is 0.974. The molecule has 0 aromatic rings. The topological polar surface area (TPSA) is 84.6 Å². The van der Waals surface area contributed by atoms with E-state index in [2.05, 4.69) is 5.32 Å². The van der Waals surface area contributed by atoms with Crippen molar-refractivity contribution in [3.05, 3.63) is 0 Å². The monoisotopic (exact) mass is 162 g/mol. The number of aliphatic hydroxyl groups is 1. The lowest BCUT2D eigenvalue weighted by atomic mass is 10.6. The molecule has 0 unspecified atom stereocenters. The number of hydrogen-bond acceptors (Lipinski definition) is 4. The number of nitrogens with one attached hydrogen (secondary N) is 1. The van der Waals surface area contributed by atoms with Crippen molar-refractivity contribution in [2.45, 2.75) is 0 Å². The Kier molecular flexibility index (Phi) is 7.02. The van der Waals surface area contributed by atoms with Crippen LogP contribution in [0.15, 0.2) is 0 Å². The van der Waals surface area contributed by atoms with Crippen LogP contribution in [0.3, 0.4) is 0 Å². The highest BCUT2D eigenvalue weighted by Gasteiger charge is 1.94. The van der Waals surface area contributed by atoms with Crippen LogP contribution >= 0.6 is 0 Å². The van der Waals surface area contributed by atoms with E-state index >= 15 is 0 Å². The standard InChI is InChI=1S/C6H14N2O3/c7-1-3-11-4-2-8-6(10)5-9/h9H,1-5,7H2,(H,8,10). The fraction of sp³-hybridized carbons (Fsp3) is 0.833. The molecule has 0 aliphatic rings. The van der Waals surface area contributed by atoms with Gasteiger partial charge in [0.15, 0.2) is 0 Å². The predicted octanol–water partition coefficient (Wildman–Crippen LogP) is -1.93. The van der Waals surface area contributed by atoms with Crippen LogP contribution in [0.4, 0.5) is 0 Å². The minimum absolute atomic E-state index is 0.388. The Bertz CT molecular complexity index is 108. The van der Waals surface area contributed by atoms with Gasteiger partial charge in [0.1, 0.15) is 6.61 Å². The van der Waals surface area contributed by atoms with Gasteiger partial charge in [0.05, 0.1) is 13.2 Å².